The lowest BCUT2D eigenvalue weighted by atomic mass is 10.2. The molecule has 1 N–H and O–H groups in total. The molecule has 0 spiro atoms. The molecule has 4 nitrogen and oxygen atoms in total. The Morgan fingerprint density at radius 3 is 3.05 bits per heavy atom. The highest BCUT2D eigenvalue weighted by Crippen LogP contribution is 2.27. The van der Waals surface area contributed by atoms with Crippen molar-refractivity contribution in [3.63, 3.8) is 0 Å². The first-order valence-electron chi connectivity index (χ1n) is 5.75. The molecule has 0 unspecified atom stereocenters. The quantitative estimate of drug-likeness (QED) is 0.871. The van der Waals surface area contributed by atoms with Crippen LogP contribution in [0.5, 0.6) is 0 Å². The SMILES string of the molecule is CCOC(=O)c1ncsc1Nc1cc(C)ccc1F. The van der Waals surface area contributed by atoms with Crippen LogP contribution in [0.3, 0.4) is 0 Å². The molecule has 0 fully saturated rings. The average molecular weight is 280 g/mol. The highest BCUT2D eigenvalue weighted by molar-refractivity contribution is 7.14. The van der Waals surface area contributed by atoms with Crippen LogP contribution in [0.1, 0.15) is 23.0 Å². The second kappa shape index (κ2) is 5.79. The summed E-state index contributed by atoms with van der Waals surface area (Å²) in [5.74, 6) is -0.895. The first kappa shape index (κ1) is 13.5. The van der Waals surface area contributed by atoms with E-state index in [9.17, 15) is 9.18 Å². The predicted molar refractivity (Wildman–Crippen MR) is 72.5 cm³/mol. The van der Waals surface area contributed by atoms with Crippen molar-refractivity contribution in [2.45, 2.75) is 13.8 Å². The summed E-state index contributed by atoms with van der Waals surface area (Å²) in [6.07, 6.45) is 0. The van der Waals surface area contributed by atoms with Gasteiger partial charge in [0.15, 0.2) is 5.69 Å². The minimum atomic E-state index is -0.515. The lowest BCUT2D eigenvalue weighted by Crippen LogP contribution is -2.07. The molecule has 6 heteroatoms. The van der Waals surface area contributed by atoms with Gasteiger partial charge in [-0.1, -0.05) is 6.07 Å². The molecule has 0 bridgehead atoms. The maximum absolute atomic E-state index is 13.6. The predicted octanol–water partition coefficient (Wildman–Crippen LogP) is 3.51. The van der Waals surface area contributed by atoms with Gasteiger partial charge in [0, 0.05) is 0 Å². The van der Waals surface area contributed by atoms with Gasteiger partial charge in [-0.15, -0.1) is 11.3 Å². The summed E-state index contributed by atoms with van der Waals surface area (Å²) < 4.78 is 18.5. The molecule has 19 heavy (non-hydrogen) atoms. The number of rotatable bonds is 4. The molecule has 1 heterocycles. The van der Waals surface area contributed by atoms with Gasteiger partial charge in [0.2, 0.25) is 0 Å². The Balaban J connectivity index is 2.26. The molecule has 0 amide bonds. The summed E-state index contributed by atoms with van der Waals surface area (Å²) in [5, 5.41) is 3.36. The Labute approximate surface area is 114 Å². The number of carbonyl (C=O) groups is 1. The number of nitrogens with one attached hydrogen (secondary N) is 1. The fourth-order valence-electron chi connectivity index (χ4n) is 1.54. The number of hydrogen-bond donors (Lipinski definition) is 1. The van der Waals surface area contributed by atoms with Crippen LogP contribution in [0.2, 0.25) is 0 Å². The van der Waals surface area contributed by atoms with E-state index in [1.165, 1.54) is 22.9 Å². The monoisotopic (exact) mass is 280 g/mol. The van der Waals surface area contributed by atoms with Gasteiger partial charge in [-0.25, -0.2) is 14.2 Å². The normalized spacial score (nSPS) is 10.3. The number of carbonyl (C=O) groups excluding carboxylic acids is 1. The number of thiazole rings is 1. The Morgan fingerprint density at radius 1 is 1.53 bits per heavy atom. The van der Waals surface area contributed by atoms with Crippen LogP contribution in [0.4, 0.5) is 15.1 Å². The molecule has 0 saturated heterocycles. The Morgan fingerprint density at radius 2 is 2.32 bits per heavy atom. The lowest BCUT2D eigenvalue weighted by Gasteiger charge is -2.07. The molecular weight excluding hydrogens is 267 g/mol. The van der Waals surface area contributed by atoms with Gasteiger partial charge in [-0.2, -0.15) is 0 Å². The van der Waals surface area contributed by atoms with E-state index < -0.39 is 5.97 Å². The molecule has 0 aliphatic rings. The topological polar surface area (TPSA) is 51.2 Å². The average Bonchev–Trinajstić information content (AvgIpc) is 2.82. The minimum Gasteiger partial charge on any atom is -0.461 e. The van der Waals surface area contributed by atoms with E-state index in [4.69, 9.17) is 4.74 Å². The van der Waals surface area contributed by atoms with E-state index in [-0.39, 0.29) is 18.1 Å². The summed E-state index contributed by atoms with van der Waals surface area (Å²) >= 11 is 1.22. The summed E-state index contributed by atoms with van der Waals surface area (Å²) in [6, 6.07) is 4.73. The van der Waals surface area contributed by atoms with Crippen molar-refractivity contribution in [2.24, 2.45) is 0 Å². The van der Waals surface area contributed by atoms with Gasteiger partial charge in [0.1, 0.15) is 10.8 Å². The number of benzene rings is 1. The molecule has 0 atom stereocenters. The zero-order valence-electron chi connectivity index (χ0n) is 10.6. The molecule has 0 aliphatic heterocycles. The van der Waals surface area contributed by atoms with Crippen molar-refractivity contribution in [3.05, 3.63) is 40.8 Å². The highest BCUT2D eigenvalue weighted by atomic mass is 32.1. The van der Waals surface area contributed by atoms with Crippen LogP contribution in [-0.2, 0) is 4.74 Å². The minimum absolute atomic E-state index is 0.174. The third-order valence-electron chi connectivity index (χ3n) is 2.41. The first-order chi connectivity index (χ1) is 9.11. The van der Waals surface area contributed by atoms with Crippen LogP contribution in [0.25, 0.3) is 0 Å². The van der Waals surface area contributed by atoms with Crippen LogP contribution < -0.4 is 5.32 Å². The van der Waals surface area contributed by atoms with E-state index >= 15 is 0 Å². The second-order valence-electron chi connectivity index (χ2n) is 3.86. The van der Waals surface area contributed by atoms with Crippen molar-refractivity contribution in [1.82, 2.24) is 4.98 Å². The number of esters is 1. The fourth-order valence-corrected chi connectivity index (χ4v) is 2.22. The molecule has 0 aliphatic carbocycles. The van der Waals surface area contributed by atoms with Crippen LogP contribution >= 0.6 is 11.3 Å². The summed E-state index contributed by atoms with van der Waals surface area (Å²) in [4.78, 5) is 15.6. The van der Waals surface area contributed by atoms with E-state index in [2.05, 4.69) is 10.3 Å². The smallest absolute Gasteiger partial charge is 0.360 e. The van der Waals surface area contributed by atoms with Gasteiger partial charge in [-0.05, 0) is 31.5 Å². The van der Waals surface area contributed by atoms with E-state index in [0.717, 1.165) is 5.56 Å². The highest BCUT2D eigenvalue weighted by Gasteiger charge is 2.17. The number of aromatic nitrogens is 1. The molecule has 100 valence electrons. The number of aryl methyl sites for hydroxylation is 1. The van der Waals surface area contributed by atoms with Gasteiger partial charge < -0.3 is 10.1 Å². The number of halogens is 1. The van der Waals surface area contributed by atoms with E-state index in [1.807, 2.05) is 6.92 Å². The number of hydrogen-bond acceptors (Lipinski definition) is 5. The Kier molecular flexibility index (Phi) is 4.11. The van der Waals surface area contributed by atoms with E-state index in [1.54, 1.807) is 19.1 Å². The molecule has 0 radical (unpaired) electrons. The van der Waals surface area contributed by atoms with Gasteiger partial charge in [0.05, 0.1) is 17.8 Å². The molecule has 2 aromatic rings. The van der Waals surface area contributed by atoms with Crippen LogP contribution in [-0.4, -0.2) is 17.6 Å². The largest absolute Gasteiger partial charge is 0.461 e. The summed E-state index contributed by atoms with van der Waals surface area (Å²) in [7, 11) is 0. The van der Waals surface area contributed by atoms with Crippen molar-refractivity contribution in [3.8, 4) is 0 Å². The zero-order chi connectivity index (χ0) is 13.8. The number of anilines is 2. The summed E-state index contributed by atoms with van der Waals surface area (Å²) in [5.41, 5.74) is 2.93. The van der Waals surface area contributed by atoms with Crippen molar-refractivity contribution in [1.29, 1.82) is 0 Å². The summed E-state index contributed by atoms with van der Waals surface area (Å²) in [6.45, 7) is 3.86. The molecule has 0 saturated carbocycles. The Hall–Kier alpha value is -1.95. The Bertz CT molecular complexity index is 598. The van der Waals surface area contributed by atoms with E-state index in [0.29, 0.717) is 10.7 Å². The maximum atomic E-state index is 13.6. The third-order valence-corrected chi connectivity index (χ3v) is 3.15. The molecule has 2 rings (SSSR count). The number of nitrogens with zero attached hydrogens (tertiary/aromatic N) is 1. The zero-order valence-corrected chi connectivity index (χ0v) is 11.4. The van der Waals surface area contributed by atoms with Crippen molar-refractivity contribution >= 4 is 28.0 Å². The van der Waals surface area contributed by atoms with Crippen LogP contribution in [0.15, 0.2) is 23.7 Å². The van der Waals surface area contributed by atoms with Crippen LogP contribution in [0, 0.1) is 12.7 Å². The fraction of sp³-hybridized carbons (Fsp3) is 0.231. The van der Waals surface area contributed by atoms with Crippen molar-refractivity contribution in [2.75, 3.05) is 11.9 Å². The first-order valence-corrected chi connectivity index (χ1v) is 6.63. The number of ether oxygens (including phenoxy) is 1. The molecule has 1 aromatic heterocycles. The van der Waals surface area contributed by atoms with Gasteiger partial charge in [0.25, 0.3) is 0 Å². The van der Waals surface area contributed by atoms with Crippen molar-refractivity contribution < 1.29 is 13.9 Å². The third kappa shape index (κ3) is 3.08. The molecule has 1 aromatic carbocycles. The van der Waals surface area contributed by atoms with Gasteiger partial charge >= 0.3 is 5.97 Å². The standard InChI is InChI=1S/C13H13FN2O2S/c1-3-18-13(17)11-12(19-7-15-11)16-10-6-8(2)4-5-9(10)14/h4-7,16H,3H2,1-2H3. The second-order valence-corrected chi connectivity index (χ2v) is 4.71. The maximum Gasteiger partial charge on any atom is 0.360 e. The van der Waals surface area contributed by atoms with Gasteiger partial charge in [-0.3, -0.25) is 0 Å². The molecular formula is C13H13FN2O2S. The lowest BCUT2D eigenvalue weighted by molar-refractivity contribution is 0.0521.